The lowest BCUT2D eigenvalue weighted by Crippen LogP contribution is -2.30. The van der Waals surface area contributed by atoms with Gasteiger partial charge in [-0.1, -0.05) is 53.6 Å². The van der Waals surface area contributed by atoms with Gasteiger partial charge in [-0.05, 0) is 82.2 Å². The number of fused-ring (bicyclic) bond motifs is 3. The molecule has 0 spiro atoms. The van der Waals surface area contributed by atoms with Crippen molar-refractivity contribution in [3.05, 3.63) is 97.5 Å². The van der Waals surface area contributed by atoms with Gasteiger partial charge in [-0.3, -0.25) is 0 Å². The number of carbonyl (C=O) groups is 1. The van der Waals surface area contributed by atoms with Crippen LogP contribution in [0.3, 0.4) is 0 Å². The maximum absolute atomic E-state index is 12.7. The van der Waals surface area contributed by atoms with Gasteiger partial charge in [-0.2, -0.15) is 0 Å². The van der Waals surface area contributed by atoms with Crippen LogP contribution in [-0.2, 0) is 11.3 Å². The molecule has 1 N–H and O–H groups in total. The monoisotopic (exact) mass is 601 g/mol. The second kappa shape index (κ2) is 11.0. The lowest BCUT2D eigenvalue weighted by atomic mass is 9.76. The predicted molar refractivity (Wildman–Crippen MR) is 150 cm³/mol. The summed E-state index contributed by atoms with van der Waals surface area (Å²) in [5, 5.41) is 4.66. The summed E-state index contributed by atoms with van der Waals surface area (Å²) in [5.41, 5.74) is 4.43. The van der Waals surface area contributed by atoms with Crippen molar-refractivity contribution in [2.24, 2.45) is 5.92 Å². The summed E-state index contributed by atoms with van der Waals surface area (Å²) in [7, 11) is 1.62. The number of anilines is 1. The molecule has 5 rings (SSSR count). The summed E-state index contributed by atoms with van der Waals surface area (Å²) < 4.78 is 18.0. The van der Waals surface area contributed by atoms with E-state index >= 15 is 0 Å². The minimum Gasteiger partial charge on any atom is -0.493 e. The zero-order valence-electron chi connectivity index (χ0n) is 20.4. The Morgan fingerprint density at radius 1 is 1.14 bits per heavy atom. The highest BCUT2D eigenvalue weighted by Gasteiger charge is 2.40. The van der Waals surface area contributed by atoms with E-state index in [4.69, 9.17) is 37.4 Å². The molecule has 1 aliphatic heterocycles. The van der Waals surface area contributed by atoms with Crippen LogP contribution in [0, 0.1) is 5.92 Å². The molecular weight excluding hydrogens is 577 g/mol. The number of esters is 1. The minimum absolute atomic E-state index is 0.0441. The molecule has 192 valence electrons. The number of allylic oxidation sites excluding steroid dienone is 2. The van der Waals surface area contributed by atoms with Crippen LogP contribution in [0.25, 0.3) is 0 Å². The third-order valence-electron chi connectivity index (χ3n) is 6.87. The molecule has 1 aliphatic carbocycles. The topological polar surface area (TPSA) is 56.8 Å². The van der Waals surface area contributed by atoms with Crippen molar-refractivity contribution in [1.29, 1.82) is 0 Å². The Morgan fingerprint density at radius 3 is 2.73 bits per heavy atom. The Hall–Kier alpha value is -2.67. The van der Waals surface area contributed by atoms with Crippen LogP contribution in [0.15, 0.2) is 65.2 Å². The molecule has 8 heteroatoms. The third kappa shape index (κ3) is 5.07. The fourth-order valence-electron chi connectivity index (χ4n) is 5.17. The molecule has 0 saturated heterocycles. The Balaban J connectivity index is 1.47. The summed E-state index contributed by atoms with van der Waals surface area (Å²) in [5.74, 6) is 1.38. The first kappa shape index (κ1) is 26.0. The molecule has 0 saturated carbocycles. The largest absolute Gasteiger partial charge is 0.493 e. The lowest BCUT2D eigenvalue weighted by molar-refractivity contribution is 0.0527. The van der Waals surface area contributed by atoms with Crippen LogP contribution in [-0.4, -0.2) is 19.7 Å². The average Bonchev–Trinajstić information content (AvgIpc) is 3.39. The van der Waals surface area contributed by atoms with Gasteiger partial charge in [0.15, 0.2) is 11.5 Å². The van der Waals surface area contributed by atoms with E-state index in [2.05, 4.69) is 45.5 Å². The highest BCUT2D eigenvalue weighted by atomic mass is 79.9. The van der Waals surface area contributed by atoms with Gasteiger partial charge in [0.25, 0.3) is 0 Å². The smallest absolute Gasteiger partial charge is 0.340 e. The van der Waals surface area contributed by atoms with Gasteiger partial charge >= 0.3 is 5.97 Å². The highest BCUT2D eigenvalue weighted by molar-refractivity contribution is 9.10. The van der Waals surface area contributed by atoms with Gasteiger partial charge in [-0.15, -0.1) is 0 Å². The molecule has 0 unspecified atom stereocenters. The number of carbonyl (C=O) groups excluding carboxylic acids is 1. The minimum atomic E-state index is -0.323. The van der Waals surface area contributed by atoms with Crippen LogP contribution >= 0.6 is 39.1 Å². The molecule has 0 bridgehead atoms. The van der Waals surface area contributed by atoms with Gasteiger partial charge in [0.1, 0.15) is 6.61 Å². The molecule has 3 aromatic rings. The number of benzene rings is 3. The van der Waals surface area contributed by atoms with Gasteiger partial charge in [0.05, 0.1) is 45.5 Å². The van der Waals surface area contributed by atoms with Crippen molar-refractivity contribution in [1.82, 2.24) is 0 Å². The standard InChI is InChI=1S/C29H26BrCl2NO4/c1-3-36-29(34)21-9-5-8-20-18-6-4-7-19(18)26(33-27(20)21)17-13-22(30)28(25(14-17)35-2)37-15-16-10-11-23(31)24(32)12-16/h4-6,8-14,18-19,26,33H,3,7,15H2,1-2H3/t18-,19+,26+/m1/s1. The maximum Gasteiger partial charge on any atom is 0.340 e. The number of ether oxygens (including phenoxy) is 3. The van der Waals surface area contributed by atoms with E-state index < -0.39 is 0 Å². The fourth-order valence-corrected chi connectivity index (χ4v) is 6.07. The lowest BCUT2D eigenvalue weighted by Gasteiger charge is -2.38. The Labute approximate surface area is 234 Å². The molecule has 1 heterocycles. The van der Waals surface area contributed by atoms with Gasteiger partial charge in [0, 0.05) is 5.92 Å². The summed E-state index contributed by atoms with van der Waals surface area (Å²) in [6, 6.07) is 15.3. The van der Waals surface area contributed by atoms with Crippen molar-refractivity contribution in [2.45, 2.75) is 31.9 Å². The first-order valence-electron chi connectivity index (χ1n) is 12.1. The summed E-state index contributed by atoms with van der Waals surface area (Å²) in [4.78, 5) is 12.7. The van der Waals surface area contributed by atoms with Crippen LogP contribution < -0.4 is 14.8 Å². The van der Waals surface area contributed by atoms with Crippen molar-refractivity contribution in [3.8, 4) is 11.5 Å². The Morgan fingerprint density at radius 2 is 1.97 bits per heavy atom. The number of hydrogen-bond donors (Lipinski definition) is 1. The van der Waals surface area contributed by atoms with E-state index in [0.717, 1.165) is 33.3 Å². The van der Waals surface area contributed by atoms with Gasteiger partial charge in [-0.25, -0.2) is 4.79 Å². The molecule has 0 aromatic heterocycles. The van der Waals surface area contributed by atoms with Crippen molar-refractivity contribution < 1.29 is 19.0 Å². The van der Waals surface area contributed by atoms with E-state index in [9.17, 15) is 4.79 Å². The Bertz CT molecular complexity index is 1380. The summed E-state index contributed by atoms with van der Waals surface area (Å²) >= 11 is 15.9. The SMILES string of the molecule is CCOC(=O)c1cccc2c1N[C@@H](c1cc(Br)c(OCc3ccc(Cl)c(Cl)c3)c(OC)c1)[C@H]1CC=C[C@@H]21. The van der Waals surface area contributed by atoms with E-state index in [1.807, 2.05) is 31.2 Å². The zero-order chi connectivity index (χ0) is 26.1. The summed E-state index contributed by atoms with van der Waals surface area (Å²) in [6.45, 7) is 2.44. The van der Waals surface area contributed by atoms with E-state index in [0.29, 0.717) is 46.2 Å². The van der Waals surface area contributed by atoms with Crippen LogP contribution in [0.5, 0.6) is 11.5 Å². The average molecular weight is 603 g/mol. The number of nitrogens with one attached hydrogen (secondary N) is 1. The maximum atomic E-state index is 12.7. The van der Waals surface area contributed by atoms with Crippen LogP contribution in [0.2, 0.25) is 10.0 Å². The second-order valence-corrected chi connectivity index (χ2v) is 10.7. The van der Waals surface area contributed by atoms with Crippen molar-refractivity contribution in [3.63, 3.8) is 0 Å². The summed E-state index contributed by atoms with van der Waals surface area (Å²) in [6.07, 6.45) is 5.39. The molecule has 37 heavy (non-hydrogen) atoms. The Kier molecular flexibility index (Phi) is 7.70. The first-order chi connectivity index (χ1) is 17.9. The van der Waals surface area contributed by atoms with Gasteiger partial charge < -0.3 is 19.5 Å². The van der Waals surface area contributed by atoms with E-state index in [1.54, 1.807) is 19.2 Å². The number of hydrogen-bond acceptors (Lipinski definition) is 5. The number of methoxy groups -OCH3 is 1. The fraction of sp³-hybridized carbons (Fsp3) is 0.276. The normalized spacial score (nSPS) is 19.5. The number of para-hydroxylation sites is 1. The van der Waals surface area contributed by atoms with Crippen LogP contribution in [0.4, 0.5) is 5.69 Å². The molecule has 2 aliphatic rings. The van der Waals surface area contributed by atoms with E-state index in [-0.39, 0.29) is 17.9 Å². The second-order valence-electron chi connectivity index (χ2n) is 9.04. The van der Waals surface area contributed by atoms with E-state index in [1.165, 1.54) is 0 Å². The quantitative estimate of drug-likeness (QED) is 0.217. The third-order valence-corrected chi connectivity index (χ3v) is 8.20. The number of rotatable bonds is 7. The molecule has 0 amide bonds. The number of halogens is 3. The zero-order valence-corrected chi connectivity index (χ0v) is 23.5. The molecule has 0 fully saturated rings. The molecular formula is C29H26BrCl2NO4. The molecule has 3 aromatic carbocycles. The molecule has 0 radical (unpaired) electrons. The van der Waals surface area contributed by atoms with Crippen molar-refractivity contribution in [2.75, 3.05) is 19.0 Å². The van der Waals surface area contributed by atoms with Gasteiger partial charge in [0.2, 0.25) is 0 Å². The molecule has 3 atom stereocenters. The predicted octanol–water partition coefficient (Wildman–Crippen LogP) is 8.35. The van der Waals surface area contributed by atoms with Crippen LogP contribution in [0.1, 0.15) is 52.4 Å². The first-order valence-corrected chi connectivity index (χ1v) is 13.6. The highest BCUT2D eigenvalue weighted by Crippen LogP contribution is 2.52. The van der Waals surface area contributed by atoms with Crippen molar-refractivity contribution >= 4 is 50.8 Å². The molecule has 5 nitrogen and oxygen atoms in total.